The van der Waals surface area contributed by atoms with Gasteiger partial charge in [-0.15, -0.1) is 0 Å². The maximum atomic E-state index is 12.2. The monoisotopic (exact) mass is 340 g/mol. The Morgan fingerprint density at radius 2 is 2.17 bits per heavy atom. The molecule has 0 saturated carbocycles. The van der Waals surface area contributed by atoms with Crippen LogP contribution in [0.15, 0.2) is 16.8 Å². The van der Waals surface area contributed by atoms with E-state index in [4.69, 9.17) is 10.5 Å². The molecule has 0 aliphatic carbocycles. The Balaban J connectivity index is 2.06. The predicted octanol–water partition coefficient (Wildman–Crippen LogP) is 2.21. The first-order valence-corrected chi connectivity index (χ1v) is 8.62. The lowest BCUT2D eigenvalue weighted by molar-refractivity contribution is -0.163. The van der Waals surface area contributed by atoms with Crippen LogP contribution in [0, 0.1) is 5.92 Å². The number of carbonyl (C=O) groups is 2. The number of likely N-dealkylation sites (tertiary alicyclic amines) is 1. The van der Waals surface area contributed by atoms with E-state index in [1.54, 1.807) is 11.0 Å². The minimum Gasteiger partial charge on any atom is -0.480 e. The molecule has 0 spiro atoms. The van der Waals surface area contributed by atoms with Crippen molar-refractivity contribution >= 4 is 23.3 Å². The number of nitrogens with two attached hydrogens (primary N) is 1. The van der Waals surface area contributed by atoms with E-state index in [1.165, 1.54) is 11.3 Å². The van der Waals surface area contributed by atoms with E-state index in [9.17, 15) is 14.7 Å². The van der Waals surface area contributed by atoms with Gasteiger partial charge in [0.05, 0.1) is 12.1 Å². The first-order valence-electron chi connectivity index (χ1n) is 7.68. The SMILES string of the molecule is CC(C)(C)OC(=O)[C@@H]1CCN([C@H](C(=O)O)c2ccsc2)[C@H](N)C1. The predicted molar refractivity (Wildman–Crippen MR) is 87.9 cm³/mol. The fourth-order valence-corrected chi connectivity index (χ4v) is 3.52. The van der Waals surface area contributed by atoms with Crippen molar-refractivity contribution in [3.05, 3.63) is 22.4 Å². The summed E-state index contributed by atoms with van der Waals surface area (Å²) in [5, 5.41) is 13.2. The van der Waals surface area contributed by atoms with Crippen LogP contribution < -0.4 is 5.73 Å². The standard InChI is InChI=1S/C16H24N2O4S/c1-16(2,3)22-15(21)10-4-6-18(12(17)8-10)13(14(19)20)11-5-7-23-9-11/h5,7,9-10,12-13H,4,6,8,17H2,1-3H3,(H,19,20)/t10-,12+,13+/m1/s1. The van der Waals surface area contributed by atoms with E-state index >= 15 is 0 Å². The number of esters is 1. The van der Waals surface area contributed by atoms with Gasteiger partial charge in [-0.2, -0.15) is 11.3 Å². The molecular weight excluding hydrogens is 316 g/mol. The van der Waals surface area contributed by atoms with Gasteiger partial charge in [0.15, 0.2) is 0 Å². The van der Waals surface area contributed by atoms with Crippen molar-refractivity contribution in [1.82, 2.24) is 4.90 Å². The van der Waals surface area contributed by atoms with Gasteiger partial charge in [0.1, 0.15) is 11.6 Å². The first-order chi connectivity index (χ1) is 10.7. The summed E-state index contributed by atoms with van der Waals surface area (Å²) in [4.78, 5) is 25.6. The summed E-state index contributed by atoms with van der Waals surface area (Å²) in [7, 11) is 0. The zero-order valence-corrected chi connectivity index (χ0v) is 14.5. The normalized spacial score (nSPS) is 24.2. The van der Waals surface area contributed by atoms with Crippen LogP contribution in [0.2, 0.25) is 0 Å². The number of carbonyl (C=O) groups excluding carboxylic acids is 1. The highest BCUT2D eigenvalue weighted by molar-refractivity contribution is 7.08. The van der Waals surface area contributed by atoms with Gasteiger partial charge in [-0.1, -0.05) is 0 Å². The molecule has 2 rings (SSSR count). The lowest BCUT2D eigenvalue weighted by Crippen LogP contribution is -2.52. The molecule has 1 aliphatic rings. The third-order valence-electron chi connectivity index (χ3n) is 3.85. The second-order valence-electron chi connectivity index (χ2n) is 6.86. The lowest BCUT2D eigenvalue weighted by Gasteiger charge is -2.40. The number of ether oxygens (including phenoxy) is 1. The Labute approximate surface area is 140 Å². The molecule has 3 atom stereocenters. The van der Waals surface area contributed by atoms with Crippen LogP contribution >= 0.6 is 11.3 Å². The van der Waals surface area contributed by atoms with Crippen molar-refractivity contribution < 1.29 is 19.4 Å². The Morgan fingerprint density at radius 3 is 2.65 bits per heavy atom. The van der Waals surface area contributed by atoms with Crippen LogP contribution in [-0.2, 0) is 14.3 Å². The van der Waals surface area contributed by atoms with E-state index in [-0.39, 0.29) is 11.9 Å². The molecule has 0 radical (unpaired) electrons. The van der Waals surface area contributed by atoms with E-state index in [2.05, 4.69) is 0 Å². The highest BCUT2D eigenvalue weighted by Gasteiger charge is 2.38. The molecule has 2 heterocycles. The van der Waals surface area contributed by atoms with Gasteiger partial charge in [-0.05, 0) is 56.0 Å². The van der Waals surface area contributed by atoms with Crippen molar-refractivity contribution in [2.24, 2.45) is 11.7 Å². The zero-order chi connectivity index (χ0) is 17.2. The van der Waals surface area contributed by atoms with E-state index < -0.39 is 23.8 Å². The summed E-state index contributed by atoms with van der Waals surface area (Å²) >= 11 is 1.46. The third-order valence-corrected chi connectivity index (χ3v) is 4.55. The molecule has 1 aliphatic heterocycles. The van der Waals surface area contributed by atoms with Gasteiger partial charge >= 0.3 is 11.9 Å². The van der Waals surface area contributed by atoms with Crippen molar-refractivity contribution in [3.63, 3.8) is 0 Å². The topological polar surface area (TPSA) is 92.9 Å². The van der Waals surface area contributed by atoms with Crippen LogP contribution in [-0.4, -0.2) is 40.3 Å². The van der Waals surface area contributed by atoms with Gasteiger partial charge in [-0.25, -0.2) is 0 Å². The minimum absolute atomic E-state index is 0.255. The number of carboxylic acids is 1. The van der Waals surface area contributed by atoms with Crippen molar-refractivity contribution in [2.75, 3.05) is 6.54 Å². The summed E-state index contributed by atoms with van der Waals surface area (Å²) in [6.45, 7) is 5.95. The van der Waals surface area contributed by atoms with Crippen molar-refractivity contribution in [2.45, 2.75) is 51.4 Å². The smallest absolute Gasteiger partial charge is 0.325 e. The Kier molecular flexibility index (Phi) is 5.44. The molecule has 1 fully saturated rings. The molecule has 0 unspecified atom stereocenters. The maximum absolute atomic E-state index is 12.2. The number of hydrogen-bond acceptors (Lipinski definition) is 6. The van der Waals surface area contributed by atoms with Crippen LogP contribution in [0.4, 0.5) is 0 Å². The molecule has 0 amide bonds. The fourth-order valence-electron chi connectivity index (χ4n) is 2.84. The zero-order valence-electron chi connectivity index (χ0n) is 13.7. The molecule has 23 heavy (non-hydrogen) atoms. The largest absolute Gasteiger partial charge is 0.480 e. The van der Waals surface area contributed by atoms with E-state index in [0.717, 1.165) is 5.56 Å². The minimum atomic E-state index is -0.922. The summed E-state index contributed by atoms with van der Waals surface area (Å²) in [5.41, 5.74) is 6.38. The van der Waals surface area contributed by atoms with E-state index in [0.29, 0.717) is 19.4 Å². The number of carboxylic acid groups (broad SMARTS) is 1. The second kappa shape index (κ2) is 6.98. The lowest BCUT2D eigenvalue weighted by atomic mass is 9.92. The van der Waals surface area contributed by atoms with Crippen molar-refractivity contribution in [1.29, 1.82) is 0 Å². The molecule has 0 bridgehead atoms. The third kappa shape index (κ3) is 4.53. The molecule has 1 aromatic rings. The summed E-state index contributed by atoms with van der Waals surface area (Å²) in [6.07, 6.45) is 0.474. The average Bonchev–Trinajstić information content (AvgIpc) is 2.92. The molecule has 6 nitrogen and oxygen atoms in total. The molecule has 1 saturated heterocycles. The molecule has 7 heteroatoms. The Hall–Kier alpha value is -1.44. The van der Waals surface area contributed by atoms with Gasteiger partial charge in [0.25, 0.3) is 0 Å². The summed E-state index contributed by atoms with van der Waals surface area (Å²) in [5.74, 6) is -1.46. The number of hydrogen-bond donors (Lipinski definition) is 2. The van der Waals surface area contributed by atoms with Crippen LogP contribution in [0.3, 0.4) is 0 Å². The molecule has 128 valence electrons. The number of piperidine rings is 1. The highest BCUT2D eigenvalue weighted by Crippen LogP contribution is 2.31. The van der Waals surface area contributed by atoms with Gasteiger partial charge in [0, 0.05) is 6.54 Å². The van der Waals surface area contributed by atoms with Crippen LogP contribution in [0.25, 0.3) is 0 Å². The molecule has 1 aromatic heterocycles. The number of rotatable bonds is 4. The van der Waals surface area contributed by atoms with Gasteiger partial charge in [0.2, 0.25) is 0 Å². The Bertz CT molecular complexity index is 553. The quantitative estimate of drug-likeness (QED) is 0.816. The fraction of sp³-hybridized carbons (Fsp3) is 0.625. The maximum Gasteiger partial charge on any atom is 0.325 e. The Morgan fingerprint density at radius 1 is 1.48 bits per heavy atom. The van der Waals surface area contributed by atoms with Crippen molar-refractivity contribution in [3.8, 4) is 0 Å². The second-order valence-corrected chi connectivity index (χ2v) is 7.64. The van der Waals surface area contributed by atoms with Gasteiger partial charge < -0.3 is 15.6 Å². The summed E-state index contributed by atoms with van der Waals surface area (Å²) in [6, 6.07) is 1.03. The number of thiophene rings is 1. The van der Waals surface area contributed by atoms with E-state index in [1.807, 2.05) is 31.5 Å². The average molecular weight is 340 g/mol. The molecular formula is C16H24N2O4S. The van der Waals surface area contributed by atoms with Gasteiger partial charge in [-0.3, -0.25) is 14.5 Å². The number of nitrogens with zero attached hydrogens (tertiary/aromatic N) is 1. The van der Waals surface area contributed by atoms with Crippen LogP contribution in [0.1, 0.15) is 45.2 Å². The highest BCUT2D eigenvalue weighted by atomic mass is 32.1. The number of aliphatic carboxylic acids is 1. The molecule has 0 aromatic carbocycles. The molecule has 3 N–H and O–H groups in total. The van der Waals surface area contributed by atoms with Crippen LogP contribution in [0.5, 0.6) is 0 Å². The summed E-state index contributed by atoms with van der Waals surface area (Å²) < 4.78 is 5.41. The first kappa shape index (κ1) is 17.9.